The Morgan fingerprint density at radius 1 is 1.14 bits per heavy atom. The first kappa shape index (κ1) is 19.2. The molecule has 0 aliphatic rings. The molecule has 5 nitrogen and oxygen atoms in total. The highest BCUT2D eigenvalue weighted by Gasteiger charge is 2.31. The van der Waals surface area contributed by atoms with Gasteiger partial charge in [-0.25, -0.2) is 8.42 Å². The summed E-state index contributed by atoms with van der Waals surface area (Å²) in [5, 5.41) is 0. The van der Waals surface area contributed by atoms with Gasteiger partial charge in [0.15, 0.2) is 9.84 Å². The van der Waals surface area contributed by atoms with Gasteiger partial charge < -0.3 is 13.6 Å². The van der Waals surface area contributed by atoms with E-state index < -0.39 is 18.4 Å². The van der Waals surface area contributed by atoms with Crippen LogP contribution in [0.2, 0.25) is 12.6 Å². The zero-order valence-electron chi connectivity index (χ0n) is 14.0. The van der Waals surface area contributed by atoms with Gasteiger partial charge in [-0.05, 0) is 36.2 Å². The van der Waals surface area contributed by atoms with E-state index in [1.807, 2.05) is 6.55 Å². The van der Waals surface area contributed by atoms with Gasteiger partial charge in [0.05, 0.1) is 12.4 Å². The van der Waals surface area contributed by atoms with Gasteiger partial charge in [-0.1, -0.05) is 19.1 Å². The van der Waals surface area contributed by atoms with Crippen LogP contribution in [0.4, 0.5) is 0 Å². The van der Waals surface area contributed by atoms with Crippen LogP contribution >= 0.6 is 0 Å². The third-order valence-corrected chi connectivity index (χ3v) is 7.49. The molecule has 1 unspecified atom stereocenters. The largest absolute Gasteiger partial charge is 0.493 e. The van der Waals surface area contributed by atoms with E-state index in [-0.39, 0.29) is 5.75 Å². The quantitative estimate of drug-likeness (QED) is 0.643. The Balaban J connectivity index is 2.51. The van der Waals surface area contributed by atoms with Crippen molar-refractivity contribution in [2.75, 3.05) is 27.1 Å². The number of rotatable bonds is 9. The van der Waals surface area contributed by atoms with Crippen LogP contribution in [0.5, 0.6) is 5.75 Å². The van der Waals surface area contributed by atoms with Crippen molar-refractivity contribution < 1.29 is 22.0 Å². The lowest BCUT2D eigenvalue weighted by Crippen LogP contribution is -2.38. The van der Waals surface area contributed by atoms with E-state index in [9.17, 15) is 8.42 Å². The topological polar surface area (TPSA) is 61.8 Å². The van der Waals surface area contributed by atoms with Crippen LogP contribution in [0.15, 0.2) is 24.3 Å². The average molecular weight is 347 g/mol. The van der Waals surface area contributed by atoms with E-state index in [0.29, 0.717) is 12.5 Å². The van der Waals surface area contributed by atoms with Crippen molar-refractivity contribution in [1.82, 2.24) is 0 Å². The molecule has 0 saturated carbocycles. The summed E-state index contributed by atoms with van der Waals surface area (Å²) in [5.41, 5.74) is 0.765. The highest BCUT2D eigenvalue weighted by molar-refractivity contribution is 7.89. The van der Waals surface area contributed by atoms with E-state index in [0.717, 1.165) is 17.4 Å². The third-order valence-electron chi connectivity index (χ3n) is 3.47. The lowest BCUT2D eigenvalue weighted by Gasteiger charge is -2.26. The molecule has 0 aliphatic carbocycles. The predicted octanol–water partition coefficient (Wildman–Crippen LogP) is 2.61. The van der Waals surface area contributed by atoms with Gasteiger partial charge >= 0.3 is 8.56 Å². The molecule has 1 aromatic rings. The van der Waals surface area contributed by atoms with Crippen molar-refractivity contribution in [1.29, 1.82) is 0 Å². The Kier molecular flexibility index (Phi) is 7.05. The first-order valence-corrected chi connectivity index (χ1v) is 11.8. The molecule has 0 N–H and O–H groups in total. The first-order valence-electron chi connectivity index (χ1n) is 7.17. The Morgan fingerprint density at radius 2 is 1.68 bits per heavy atom. The second-order valence-corrected chi connectivity index (χ2v) is 11.5. The second kappa shape index (κ2) is 8.10. The van der Waals surface area contributed by atoms with Crippen molar-refractivity contribution in [2.45, 2.75) is 25.3 Å². The molecule has 0 aromatic heterocycles. The van der Waals surface area contributed by atoms with Gasteiger partial charge in [0.2, 0.25) is 0 Å². The normalized spacial score (nSPS) is 13.9. The summed E-state index contributed by atoms with van der Waals surface area (Å²) in [7, 11) is -1.72. The van der Waals surface area contributed by atoms with Crippen molar-refractivity contribution in [3.63, 3.8) is 0 Å². The van der Waals surface area contributed by atoms with Crippen molar-refractivity contribution in [3.05, 3.63) is 29.8 Å². The molecule has 0 fully saturated rings. The fraction of sp³-hybridized carbons (Fsp3) is 0.600. The summed E-state index contributed by atoms with van der Waals surface area (Å²) < 4.78 is 39.2. The van der Waals surface area contributed by atoms with Gasteiger partial charge in [0, 0.05) is 20.5 Å². The van der Waals surface area contributed by atoms with E-state index in [2.05, 4.69) is 6.92 Å². The van der Waals surface area contributed by atoms with Gasteiger partial charge in [-0.3, -0.25) is 0 Å². The van der Waals surface area contributed by atoms with Gasteiger partial charge in [0.1, 0.15) is 5.75 Å². The fourth-order valence-corrected chi connectivity index (χ4v) is 4.85. The molecule has 126 valence electrons. The molecular formula is C15H26O5SSi. The molecule has 0 aliphatic heterocycles. The summed E-state index contributed by atoms with van der Waals surface area (Å²) in [5.74, 6) is 1.10. The molecule has 0 spiro atoms. The molecule has 0 bridgehead atoms. The second-order valence-electron chi connectivity index (χ2n) is 5.88. The Labute approximate surface area is 134 Å². The summed E-state index contributed by atoms with van der Waals surface area (Å²) in [6.45, 7) is 4.70. The maximum atomic E-state index is 11.2. The molecule has 7 heteroatoms. The van der Waals surface area contributed by atoms with Crippen LogP contribution in [0.25, 0.3) is 0 Å². The minimum atomic E-state index is -3.01. The maximum Gasteiger partial charge on any atom is 0.334 e. The Hall–Kier alpha value is -0.893. The summed E-state index contributed by atoms with van der Waals surface area (Å²) in [6, 6.07) is 8.02. The molecule has 0 radical (unpaired) electrons. The lowest BCUT2D eigenvalue weighted by molar-refractivity contribution is 0.222. The smallest absolute Gasteiger partial charge is 0.334 e. The zero-order chi connectivity index (χ0) is 16.8. The zero-order valence-corrected chi connectivity index (χ0v) is 15.8. The van der Waals surface area contributed by atoms with Crippen molar-refractivity contribution >= 4 is 18.4 Å². The molecule has 1 aromatic carbocycles. The average Bonchev–Trinajstić information content (AvgIpc) is 2.45. The minimum absolute atomic E-state index is 0.0509. The molecule has 0 amide bonds. The van der Waals surface area contributed by atoms with Crippen LogP contribution in [0.3, 0.4) is 0 Å². The molecule has 0 saturated heterocycles. The van der Waals surface area contributed by atoms with Crippen LogP contribution in [-0.2, 0) is 24.4 Å². The van der Waals surface area contributed by atoms with Crippen LogP contribution < -0.4 is 4.74 Å². The van der Waals surface area contributed by atoms with E-state index in [4.69, 9.17) is 13.6 Å². The predicted molar refractivity (Wildman–Crippen MR) is 90.1 cm³/mol. The maximum absolute atomic E-state index is 11.2. The SMILES string of the molecule is CO[Si](C)(CC(C)COc1ccc(CS(C)(=O)=O)cc1)OC. The Bertz CT molecular complexity index is 552. The molecule has 1 atom stereocenters. The van der Waals surface area contributed by atoms with E-state index in [1.165, 1.54) is 6.26 Å². The number of hydrogen-bond donors (Lipinski definition) is 0. The van der Waals surface area contributed by atoms with Gasteiger partial charge in [-0.2, -0.15) is 0 Å². The summed E-state index contributed by atoms with van der Waals surface area (Å²) >= 11 is 0. The number of sulfone groups is 1. The summed E-state index contributed by atoms with van der Waals surface area (Å²) in [4.78, 5) is 0. The van der Waals surface area contributed by atoms with Crippen LogP contribution in [0.1, 0.15) is 12.5 Å². The highest BCUT2D eigenvalue weighted by Crippen LogP contribution is 2.20. The van der Waals surface area contributed by atoms with Gasteiger partial charge in [0.25, 0.3) is 0 Å². The Morgan fingerprint density at radius 3 is 2.14 bits per heavy atom. The van der Waals surface area contributed by atoms with E-state index in [1.54, 1.807) is 38.5 Å². The van der Waals surface area contributed by atoms with E-state index >= 15 is 0 Å². The third kappa shape index (κ3) is 6.91. The van der Waals surface area contributed by atoms with Crippen LogP contribution in [0, 0.1) is 5.92 Å². The lowest BCUT2D eigenvalue weighted by atomic mass is 10.2. The number of benzene rings is 1. The fourth-order valence-electron chi connectivity index (χ4n) is 2.17. The molecule has 1 rings (SSSR count). The highest BCUT2D eigenvalue weighted by atomic mass is 32.2. The van der Waals surface area contributed by atoms with Crippen molar-refractivity contribution in [2.24, 2.45) is 5.92 Å². The molecular weight excluding hydrogens is 320 g/mol. The van der Waals surface area contributed by atoms with Crippen molar-refractivity contribution in [3.8, 4) is 5.75 Å². The minimum Gasteiger partial charge on any atom is -0.493 e. The first-order chi connectivity index (χ1) is 10.2. The molecule has 22 heavy (non-hydrogen) atoms. The van der Waals surface area contributed by atoms with Crippen LogP contribution in [-0.4, -0.2) is 44.1 Å². The van der Waals surface area contributed by atoms with Gasteiger partial charge in [-0.15, -0.1) is 0 Å². The molecule has 0 heterocycles. The number of hydrogen-bond acceptors (Lipinski definition) is 5. The standard InChI is InChI=1S/C15H26O5SSi/c1-13(12-22(5,18-2)19-3)10-20-15-8-6-14(7-9-15)11-21(4,16)17/h6-9,13H,10-12H2,1-5H3. The summed E-state index contributed by atoms with van der Waals surface area (Å²) in [6.07, 6.45) is 1.23. The number of ether oxygens (including phenoxy) is 1. The monoisotopic (exact) mass is 346 g/mol.